The standard InChI is InChI=1S/C16H12INO/c1-11-6-8-12(9-7-11)14(10-18)16(19)13-4-2-3-5-15(13)17/h2-9,14H,1H3. The fraction of sp³-hybridized carbons (Fsp3) is 0.125. The van der Waals surface area contributed by atoms with Gasteiger partial charge in [-0.05, 0) is 41.1 Å². The SMILES string of the molecule is Cc1ccc(C(C#N)C(=O)c2ccccc2I)cc1. The second kappa shape index (κ2) is 5.98. The van der Waals surface area contributed by atoms with Crippen molar-refractivity contribution in [1.82, 2.24) is 0 Å². The number of hydrogen-bond acceptors (Lipinski definition) is 2. The van der Waals surface area contributed by atoms with Crippen molar-refractivity contribution in [3.05, 3.63) is 68.8 Å². The Hall–Kier alpha value is -1.67. The minimum atomic E-state index is -0.739. The average Bonchev–Trinajstić information content (AvgIpc) is 2.42. The fourth-order valence-corrected chi connectivity index (χ4v) is 2.51. The molecule has 2 aromatic rings. The molecule has 0 spiro atoms. The number of hydrogen-bond donors (Lipinski definition) is 0. The van der Waals surface area contributed by atoms with E-state index >= 15 is 0 Å². The zero-order valence-electron chi connectivity index (χ0n) is 10.4. The van der Waals surface area contributed by atoms with Gasteiger partial charge in [-0.3, -0.25) is 4.79 Å². The maximum absolute atomic E-state index is 12.5. The predicted octanol–water partition coefficient (Wildman–Crippen LogP) is 4.09. The molecule has 0 amide bonds. The topological polar surface area (TPSA) is 40.9 Å². The van der Waals surface area contributed by atoms with E-state index in [1.807, 2.05) is 49.4 Å². The molecule has 2 aromatic carbocycles. The maximum Gasteiger partial charge on any atom is 0.185 e. The van der Waals surface area contributed by atoms with Gasteiger partial charge in [0.15, 0.2) is 5.78 Å². The molecule has 0 N–H and O–H groups in total. The second-order valence-corrected chi connectivity index (χ2v) is 5.48. The van der Waals surface area contributed by atoms with E-state index in [1.54, 1.807) is 6.07 Å². The van der Waals surface area contributed by atoms with Crippen LogP contribution in [-0.4, -0.2) is 5.78 Å². The van der Waals surface area contributed by atoms with Crippen molar-refractivity contribution in [3.8, 4) is 6.07 Å². The van der Waals surface area contributed by atoms with Gasteiger partial charge in [-0.25, -0.2) is 0 Å². The quantitative estimate of drug-likeness (QED) is 0.610. The van der Waals surface area contributed by atoms with Gasteiger partial charge in [0, 0.05) is 9.13 Å². The molecule has 1 atom stereocenters. The number of carbonyl (C=O) groups is 1. The van der Waals surface area contributed by atoms with E-state index in [0.717, 1.165) is 14.7 Å². The molecule has 0 radical (unpaired) electrons. The molecular formula is C16H12INO. The molecule has 0 saturated heterocycles. The molecule has 0 fully saturated rings. The number of rotatable bonds is 3. The van der Waals surface area contributed by atoms with Crippen LogP contribution in [0.2, 0.25) is 0 Å². The van der Waals surface area contributed by atoms with Crippen LogP contribution in [0.4, 0.5) is 0 Å². The van der Waals surface area contributed by atoms with E-state index in [0.29, 0.717) is 5.56 Å². The van der Waals surface area contributed by atoms with Crippen molar-refractivity contribution in [2.45, 2.75) is 12.8 Å². The van der Waals surface area contributed by atoms with E-state index in [4.69, 9.17) is 0 Å². The largest absolute Gasteiger partial charge is 0.292 e. The molecule has 0 aliphatic carbocycles. The third-order valence-corrected chi connectivity index (χ3v) is 3.88. The molecule has 0 heterocycles. The average molecular weight is 361 g/mol. The van der Waals surface area contributed by atoms with Gasteiger partial charge >= 0.3 is 0 Å². The molecule has 0 aromatic heterocycles. The van der Waals surface area contributed by atoms with Gasteiger partial charge in [0.2, 0.25) is 0 Å². The van der Waals surface area contributed by atoms with Crippen LogP contribution in [0.15, 0.2) is 48.5 Å². The summed E-state index contributed by atoms with van der Waals surface area (Å²) in [7, 11) is 0. The number of ketones is 1. The van der Waals surface area contributed by atoms with Crippen LogP contribution in [0.1, 0.15) is 27.4 Å². The molecule has 0 aliphatic heterocycles. The van der Waals surface area contributed by atoms with Gasteiger partial charge in [-0.1, -0.05) is 48.0 Å². The van der Waals surface area contributed by atoms with Gasteiger partial charge in [0.25, 0.3) is 0 Å². The summed E-state index contributed by atoms with van der Waals surface area (Å²) in [6, 6.07) is 17.0. The predicted molar refractivity (Wildman–Crippen MR) is 83.0 cm³/mol. The lowest BCUT2D eigenvalue weighted by Gasteiger charge is -2.10. The molecule has 0 bridgehead atoms. The zero-order valence-corrected chi connectivity index (χ0v) is 12.6. The van der Waals surface area contributed by atoms with Crippen molar-refractivity contribution in [2.75, 3.05) is 0 Å². The Kier molecular flexibility index (Phi) is 4.33. The highest BCUT2D eigenvalue weighted by Crippen LogP contribution is 2.23. The molecule has 19 heavy (non-hydrogen) atoms. The Morgan fingerprint density at radius 1 is 1.16 bits per heavy atom. The number of nitrogens with zero attached hydrogens (tertiary/aromatic N) is 1. The first-order chi connectivity index (χ1) is 9.13. The number of nitriles is 1. The summed E-state index contributed by atoms with van der Waals surface area (Å²) in [4.78, 5) is 12.5. The van der Waals surface area contributed by atoms with Crippen molar-refractivity contribution in [3.63, 3.8) is 0 Å². The van der Waals surface area contributed by atoms with Crippen LogP contribution in [0.25, 0.3) is 0 Å². The lowest BCUT2D eigenvalue weighted by molar-refractivity contribution is 0.0978. The molecule has 2 rings (SSSR count). The number of carbonyl (C=O) groups excluding carboxylic acids is 1. The second-order valence-electron chi connectivity index (χ2n) is 4.32. The lowest BCUT2D eigenvalue weighted by atomic mass is 9.91. The molecule has 0 saturated carbocycles. The Balaban J connectivity index is 2.38. The van der Waals surface area contributed by atoms with E-state index in [9.17, 15) is 10.1 Å². The molecular weight excluding hydrogens is 349 g/mol. The van der Waals surface area contributed by atoms with Crippen LogP contribution in [-0.2, 0) is 0 Å². The normalized spacial score (nSPS) is 11.6. The number of Topliss-reactive ketones (excluding diaryl/α,β-unsaturated/α-hetero) is 1. The first kappa shape index (κ1) is 13.8. The molecule has 94 valence electrons. The summed E-state index contributed by atoms with van der Waals surface area (Å²) in [5.74, 6) is -0.882. The van der Waals surface area contributed by atoms with Crippen LogP contribution in [0.3, 0.4) is 0 Å². The number of halogens is 1. The Morgan fingerprint density at radius 3 is 2.37 bits per heavy atom. The zero-order chi connectivity index (χ0) is 13.8. The van der Waals surface area contributed by atoms with E-state index < -0.39 is 5.92 Å². The van der Waals surface area contributed by atoms with Crippen LogP contribution < -0.4 is 0 Å². The van der Waals surface area contributed by atoms with Gasteiger partial charge in [0.05, 0.1) is 6.07 Å². The summed E-state index contributed by atoms with van der Waals surface area (Å²) in [5, 5.41) is 9.30. The van der Waals surface area contributed by atoms with Crippen molar-refractivity contribution < 1.29 is 4.79 Å². The monoisotopic (exact) mass is 361 g/mol. The Morgan fingerprint density at radius 2 is 1.79 bits per heavy atom. The fourth-order valence-electron chi connectivity index (χ4n) is 1.86. The highest BCUT2D eigenvalue weighted by Gasteiger charge is 2.23. The first-order valence-electron chi connectivity index (χ1n) is 5.88. The van der Waals surface area contributed by atoms with E-state index in [1.165, 1.54) is 0 Å². The minimum Gasteiger partial charge on any atom is -0.292 e. The van der Waals surface area contributed by atoms with Crippen molar-refractivity contribution in [1.29, 1.82) is 5.26 Å². The molecule has 2 nitrogen and oxygen atoms in total. The third-order valence-electron chi connectivity index (χ3n) is 2.94. The third kappa shape index (κ3) is 3.02. The van der Waals surface area contributed by atoms with Crippen LogP contribution in [0.5, 0.6) is 0 Å². The van der Waals surface area contributed by atoms with Gasteiger partial charge in [0.1, 0.15) is 5.92 Å². The first-order valence-corrected chi connectivity index (χ1v) is 6.96. The summed E-state index contributed by atoms with van der Waals surface area (Å²) in [5.41, 5.74) is 2.47. The summed E-state index contributed by atoms with van der Waals surface area (Å²) < 4.78 is 0.873. The summed E-state index contributed by atoms with van der Waals surface area (Å²) >= 11 is 2.12. The smallest absolute Gasteiger partial charge is 0.185 e. The maximum atomic E-state index is 12.5. The van der Waals surface area contributed by atoms with Crippen LogP contribution in [0, 0.1) is 21.8 Å². The highest BCUT2D eigenvalue weighted by atomic mass is 127. The van der Waals surface area contributed by atoms with E-state index in [2.05, 4.69) is 28.7 Å². The highest BCUT2D eigenvalue weighted by molar-refractivity contribution is 14.1. The summed E-state index contributed by atoms with van der Waals surface area (Å²) in [6.45, 7) is 1.98. The molecule has 0 aliphatic rings. The Labute approximate surface area is 126 Å². The van der Waals surface area contributed by atoms with E-state index in [-0.39, 0.29) is 5.78 Å². The van der Waals surface area contributed by atoms with Crippen molar-refractivity contribution >= 4 is 28.4 Å². The van der Waals surface area contributed by atoms with Gasteiger partial charge < -0.3 is 0 Å². The molecule has 3 heteroatoms. The van der Waals surface area contributed by atoms with Gasteiger partial charge in [-0.15, -0.1) is 0 Å². The van der Waals surface area contributed by atoms with Crippen LogP contribution >= 0.6 is 22.6 Å². The summed E-state index contributed by atoms with van der Waals surface area (Å²) in [6.07, 6.45) is 0. The van der Waals surface area contributed by atoms with Crippen molar-refractivity contribution in [2.24, 2.45) is 0 Å². The lowest BCUT2D eigenvalue weighted by Crippen LogP contribution is -2.12. The minimum absolute atomic E-state index is 0.142. The number of aryl methyl sites for hydroxylation is 1. The Bertz CT molecular complexity index is 641. The number of benzene rings is 2. The van der Waals surface area contributed by atoms with Gasteiger partial charge in [-0.2, -0.15) is 5.26 Å². The molecule has 1 unspecified atom stereocenters.